The van der Waals surface area contributed by atoms with E-state index in [1.54, 1.807) is 0 Å². The highest BCUT2D eigenvalue weighted by atomic mass is 16.3. The summed E-state index contributed by atoms with van der Waals surface area (Å²) < 4.78 is 0. The van der Waals surface area contributed by atoms with E-state index >= 15 is 0 Å². The van der Waals surface area contributed by atoms with Gasteiger partial charge in [-0.25, -0.2) is 0 Å². The van der Waals surface area contributed by atoms with E-state index in [4.69, 9.17) is 0 Å². The maximum Gasteiger partial charge on any atom is 0.254 e. The van der Waals surface area contributed by atoms with E-state index < -0.39 is 6.10 Å². The number of carbonyl (C=O) groups is 1. The fourth-order valence-electron chi connectivity index (χ4n) is 3.07. The van der Waals surface area contributed by atoms with Gasteiger partial charge in [0.15, 0.2) is 0 Å². The molecule has 3 nitrogen and oxygen atoms in total. The van der Waals surface area contributed by atoms with Crippen LogP contribution in [-0.2, 0) is 13.0 Å². The highest BCUT2D eigenvalue weighted by molar-refractivity contribution is 5.94. The molecule has 0 bridgehead atoms. The lowest BCUT2D eigenvalue weighted by Crippen LogP contribution is -2.36. The highest BCUT2D eigenvalue weighted by Gasteiger charge is 2.22. The smallest absolute Gasteiger partial charge is 0.254 e. The molecule has 0 fully saturated rings. The first-order valence-electron chi connectivity index (χ1n) is 8.24. The molecule has 23 heavy (non-hydrogen) atoms. The van der Waals surface area contributed by atoms with Gasteiger partial charge in [-0.15, -0.1) is 0 Å². The van der Waals surface area contributed by atoms with Crippen molar-refractivity contribution in [2.45, 2.75) is 39.3 Å². The molecule has 1 amide bonds. The maximum absolute atomic E-state index is 12.7. The number of benzene rings is 2. The minimum absolute atomic E-state index is 0.0806. The molecule has 0 aromatic heterocycles. The summed E-state index contributed by atoms with van der Waals surface area (Å²) in [6, 6.07) is 13.9. The van der Waals surface area contributed by atoms with Crippen LogP contribution in [0.1, 0.15) is 52.1 Å². The zero-order chi connectivity index (χ0) is 16.4. The second-order valence-corrected chi connectivity index (χ2v) is 6.29. The van der Waals surface area contributed by atoms with E-state index in [1.165, 1.54) is 5.56 Å². The summed E-state index contributed by atoms with van der Waals surface area (Å²) in [5.74, 6) is 0.0806. The van der Waals surface area contributed by atoms with Crippen LogP contribution in [0.3, 0.4) is 0 Å². The predicted octanol–water partition coefficient (Wildman–Crippen LogP) is 3.64. The van der Waals surface area contributed by atoms with Crippen LogP contribution in [0.4, 0.5) is 0 Å². The summed E-state index contributed by atoms with van der Waals surface area (Å²) in [6.07, 6.45) is 1.14. The van der Waals surface area contributed by atoms with Crippen molar-refractivity contribution in [3.8, 4) is 0 Å². The van der Waals surface area contributed by atoms with E-state index in [9.17, 15) is 9.90 Å². The normalized spacial score (nSPS) is 15.2. The van der Waals surface area contributed by atoms with Gasteiger partial charge in [0.2, 0.25) is 0 Å². The minimum Gasteiger partial charge on any atom is -0.388 e. The molecule has 1 heterocycles. The molecule has 0 saturated heterocycles. The third-order valence-electron chi connectivity index (χ3n) is 4.60. The van der Waals surface area contributed by atoms with Crippen LogP contribution < -0.4 is 0 Å². The molecule has 1 aliphatic rings. The number of aryl methyl sites for hydroxylation is 1. The molecule has 3 rings (SSSR count). The Kier molecular flexibility index (Phi) is 4.49. The van der Waals surface area contributed by atoms with Gasteiger partial charge in [0.1, 0.15) is 0 Å². The number of hydrogen-bond donors (Lipinski definition) is 1. The Bertz CT molecular complexity index is 706. The molecule has 0 spiro atoms. The first-order valence-corrected chi connectivity index (χ1v) is 8.24. The summed E-state index contributed by atoms with van der Waals surface area (Å²) in [6.45, 7) is 5.35. The molecule has 1 N–H and O–H groups in total. The standard InChI is InChI=1S/C20H23NO2/c1-3-19(22)17-9-8-15-10-11-21(13-18(15)12-17)20(23)16-6-4-14(2)5-7-16/h4-9,12,19,22H,3,10-11,13H2,1-2H3. The van der Waals surface area contributed by atoms with Crippen molar-refractivity contribution in [1.82, 2.24) is 4.90 Å². The van der Waals surface area contributed by atoms with Crippen molar-refractivity contribution in [2.75, 3.05) is 6.54 Å². The molecule has 1 unspecified atom stereocenters. The van der Waals surface area contributed by atoms with Gasteiger partial charge in [-0.05, 0) is 48.6 Å². The third kappa shape index (κ3) is 3.30. The average molecular weight is 309 g/mol. The zero-order valence-corrected chi connectivity index (χ0v) is 13.7. The SMILES string of the molecule is CCC(O)c1ccc2c(c1)CN(C(=O)c1ccc(C)cc1)CC2. The molecule has 120 valence electrons. The quantitative estimate of drug-likeness (QED) is 0.940. The molecular weight excluding hydrogens is 286 g/mol. The molecule has 2 aromatic carbocycles. The molecule has 0 radical (unpaired) electrons. The minimum atomic E-state index is -0.427. The zero-order valence-electron chi connectivity index (χ0n) is 13.7. The fourth-order valence-corrected chi connectivity index (χ4v) is 3.07. The highest BCUT2D eigenvalue weighted by Crippen LogP contribution is 2.25. The van der Waals surface area contributed by atoms with Crippen molar-refractivity contribution in [3.05, 3.63) is 70.3 Å². The van der Waals surface area contributed by atoms with Crippen molar-refractivity contribution < 1.29 is 9.90 Å². The molecule has 1 atom stereocenters. The van der Waals surface area contributed by atoms with Crippen LogP contribution in [0.2, 0.25) is 0 Å². The van der Waals surface area contributed by atoms with Gasteiger partial charge in [0.05, 0.1) is 6.10 Å². The van der Waals surface area contributed by atoms with Crippen LogP contribution in [0, 0.1) is 6.92 Å². The Morgan fingerprint density at radius 2 is 1.91 bits per heavy atom. The first-order chi connectivity index (χ1) is 11.1. The lowest BCUT2D eigenvalue weighted by Gasteiger charge is -2.29. The Hall–Kier alpha value is -2.13. The Morgan fingerprint density at radius 3 is 2.61 bits per heavy atom. The number of aliphatic hydroxyl groups is 1. The number of fused-ring (bicyclic) bond motifs is 1. The van der Waals surface area contributed by atoms with Gasteiger partial charge in [0, 0.05) is 18.7 Å². The van der Waals surface area contributed by atoms with E-state index in [-0.39, 0.29) is 5.91 Å². The van der Waals surface area contributed by atoms with Gasteiger partial charge < -0.3 is 10.0 Å². The number of rotatable bonds is 3. The van der Waals surface area contributed by atoms with Crippen LogP contribution >= 0.6 is 0 Å². The van der Waals surface area contributed by atoms with Gasteiger partial charge in [0.25, 0.3) is 5.91 Å². The maximum atomic E-state index is 12.7. The summed E-state index contributed by atoms with van der Waals surface area (Å²) in [5, 5.41) is 10.0. The van der Waals surface area contributed by atoms with Gasteiger partial charge in [-0.3, -0.25) is 4.79 Å². The molecule has 2 aromatic rings. The second kappa shape index (κ2) is 6.55. The van der Waals surface area contributed by atoms with Crippen LogP contribution in [0.5, 0.6) is 0 Å². The topological polar surface area (TPSA) is 40.5 Å². The number of amides is 1. The number of carbonyl (C=O) groups excluding carboxylic acids is 1. The van der Waals surface area contributed by atoms with Crippen molar-refractivity contribution >= 4 is 5.91 Å². The van der Waals surface area contributed by atoms with E-state index in [0.29, 0.717) is 13.0 Å². The Balaban J connectivity index is 1.81. The van der Waals surface area contributed by atoms with Crippen molar-refractivity contribution in [2.24, 2.45) is 0 Å². The van der Waals surface area contributed by atoms with Crippen LogP contribution in [-0.4, -0.2) is 22.5 Å². The Morgan fingerprint density at radius 1 is 1.17 bits per heavy atom. The van der Waals surface area contributed by atoms with Gasteiger partial charge in [-0.2, -0.15) is 0 Å². The molecule has 0 aliphatic carbocycles. The van der Waals surface area contributed by atoms with E-state index in [0.717, 1.165) is 35.2 Å². The third-order valence-corrected chi connectivity index (χ3v) is 4.60. The largest absolute Gasteiger partial charge is 0.388 e. The van der Waals surface area contributed by atoms with Crippen LogP contribution in [0.25, 0.3) is 0 Å². The fraction of sp³-hybridized carbons (Fsp3) is 0.350. The summed E-state index contributed by atoms with van der Waals surface area (Å²) in [4.78, 5) is 14.6. The molecule has 1 aliphatic heterocycles. The van der Waals surface area contributed by atoms with Crippen LogP contribution in [0.15, 0.2) is 42.5 Å². The summed E-state index contributed by atoms with van der Waals surface area (Å²) >= 11 is 0. The molecule has 0 saturated carbocycles. The molecule has 3 heteroatoms. The first kappa shape index (κ1) is 15.8. The predicted molar refractivity (Wildman–Crippen MR) is 91.3 cm³/mol. The van der Waals surface area contributed by atoms with E-state index in [2.05, 4.69) is 12.1 Å². The Labute approximate surface area is 137 Å². The number of nitrogens with zero attached hydrogens (tertiary/aromatic N) is 1. The van der Waals surface area contributed by atoms with Gasteiger partial charge in [-0.1, -0.05) is 42.8 Å². The van der Waals surface area contributed by atoms with E-state index in [1.807, 2.05) is 49.1 Å². The van der Waals surface area contributed by atoms with Crippen molar-refractivity contribution in [3.63, 3.8) is 0 Å². The monoisotopic (exact) mass is 309 g/mol. The number of aliphatic hydroxyl groups excluding tert-OH is 1. The molecular formula is C20H23NO2. The summed E-state index contributed by atoms with van der Waals surface area (Å²) in [5.41, 5.74) is 5.27. The second-order valence-electron chi connectivity index (χ2n) is 6.29. The average Bonchev–Trinajstić information content (AvgIpc) is 2.60. The summed E-state index contributed by atoms with van der Waals surface area (Å²) in [7, 11) is 0. The number of hydrogen-bond acceptors (Lipinski definition) is 2. The van der Waals surface area contributed by atoms with Gasteiger partial charge >= 0.3 is 0 Å². The lowest BCUT2D eigenvalue weighted by atomic mass is 9.94. The lowest BCUT2D eigenvalue weighted by molar-refractivity contribution is 0.0734. The van der Waals surface area contributed by atoms with Crippen molar-refractivity contribution in [1.29, 1.82) is 0 Å².